The highest BCUT2D eigenvalue weighted by Gasteiger charge is 2.41. The summed E-state index contributed by atoms with van der Waals surface area (Å²) in [5.74, 6) is 0.598. The minimum absolute atomic E-state index is 0.234. The van der Waals surface area contributed by atoms with E-state index in [1.807, 2.05) is 0 Å². The summed E-state index contributed by atoms with van der Waals surface area (Å²) in [7, 11) is 0. The monoisotopic (exact) mass is 270 g/mol. The van der Waals surface area contributed by atoms with Gasteiger partial charge in [0, 0.05) is 19.1 Å². The van der Waals surface area contributed by atoms with Crippen molar-refractivity contribution in [1.82, 2.24) is 10.2 Å². The lowest BCUT2D eigenvalue weighted by molar-refractivity contribution is -0.131. The molecule has 1 aromatic rings. The molecule has 20 heavy (non-hydrogen) atoms. The van der Waals surface area contributed by atoms with Crippen LogP contribution in [-0.2, 0) is 24.2 Å². The lowest BCUT2D eigenvalue weighted by Crippen LogP contribution is -2.41. The third kappa shape index (κ3) is 2.05. The van der Waals surface area contributed by atoms with Gasteiger partial charge in [0.1, 0.15) is 0 Å². The zero-order valence-electron chi connectivity index (χ0n) is 11.9. The zero-order valence-corrected chi connectivity index (χ0v) is 11.9. The van der Waals surface area contributed by atoms with Gasteiger partial charge in [-0.25, -0.2) is 0 Å². The molecule has 2 heterocycles. The number of rotatable bonds is 2. The van der Waals surface area contributed by atoms with E-state index in [0.717, 1.165) is 32.5 Å². The first-order valence-electron chi connectivity index (χ1n) is 7.94. The second-order valence-corrected chi connectivity index (χ2v) is 6.48. The van der Waals surface area contributed by atoms with Crippen LogP contribution in [0, 0.1) is 5.92 Å². The van der Waals surface area contributed by atoms with Crippen molar-refractivity contribution in [1.29, 1.82) is 0 Å². The van der Waals surface area contributed by atoms with Gasteiger partial charge in [-0.2, -0.15) is 0 Å². The SMILES string of the molecule is O=C1C2CCCNC2CN1Cc1ccc2c(c1)CCC2. The molecule has 1 N–H and O–H groups in total. The van der Waals surface area contributed by atoms with Crippen molar-refractivity contribution in [2.24, 2.45) is 5.92 Å². The van der Waals surface area contributed by atoms with E-state index in [-0.39, 0.29) is 5.92 Å². The zero-order chi connectivity index (χ0) is 13.5. The van der Waals surface area contributed by atoms with Gasteiger partial charge in [0.2, 0.25) is 5.91 Å². The van der Waals surface area contributed by atoms with E-state index in [0.29, 0.717) is 11.9 Å². The fraction of sp³-hybridized carbons (Fsp3) is 0.588. The number of fused-ring (bicyclic) bond motifs is 2. The van der Waals surface area contributed by atoms with Crippen LogP contribution in [0.1, 0.15) is 36.0 Å². The molecule has 0 saturated carbocycles. The Morgan fingerprint density at radius 2 is 2.10 bits per heavy atom. The second-order valence-electron chi connectivity index (χ2n) is 6.48. The van der Waals surface area contributed by atoms with Crippen molar-refractivity contribution in [3.63, 3.8) is 0 Å². The number of likely N-dealkylation sites (tertiary alicyclic amines) is 1. The van der Waals surface area contributed by atoms with Crippen LogP contribution >= 0.6 is 0 Å². The molecule has 0 aromatic heterocycles. The van der Waals surface area contributed by atoms with Crippen molar-refractivity contribution in [2.45, 2.75) is 44.7 Å². The number of carbonyl (C=O) groups is 1. The topological polar surface area (TPSA) is 32.3 Å². The van der Waals surface area contributed by atoms with Gasteiger partial charge in [0.05, 0.1) is 5.92 Å². The Kier molecular flexibility index (Phi) is 3.03. The number of aryl methyl sites for hydroxylation is 2. The summed E-state index contributed by atoms with van der Waals surface area (Å²) >= 11 is 0. The summed E-state index contributed by atoms with van der Waals surface area (Å²) in [4.78, 5) is 14.5. The fourth-order valence-electron chi connectivity index (χ4n) is 4.09. The van der Waals surface area contributed by atoms with Gasteiger partial charge in [-0.3, -0.25) is 4.79 Å². The van der Waals surface area contributed by atoms with Gasteiger partial charge < -0.3 is 10.2 Å². The lowest BCUT2D eigenvalue weighted by Gasteiger charge is -2.23. The number of piperidine rings is 1. The molecule has 1 aromatic carbocycles. The number of nitrogens with one attached hydrogen (secondary N) is 1. The molecular weight excluding hydrogens is 248 g/mol. The molecule has 2 unspecified atom stereocenters. The Bertz CT molecular complexity index is 540. The molecule has 2 saturated heterocycles. The van der Waals surface area contributed by atoms with Gasteiger partial charge in [-0.1, -0.05) is 18.2 Å². The van der Waals surface area contributed by atoms with Crippen LogP contribution in [-0.4, -0.2) is 29.9 Å². The molecule has 4 rings (SSSR count). The molecule has 1 amide bonds. The van der Waals surface area contributed by atoms with E-state index in [1.54, 1.807) is 0 Å². The highest BCUT2D eigenvalue weighted by molar-refractivity contribution is 5.82. The van der Waals surface area contributed by atoms with Crippen LogP contribution in [0.3, 0.4) is 0 Å². The summed E-state index contributed by atoms with van der Waals surface area (Å²) in [5, 5.41) is 3.51. The fourth-order valence-corrected chi connectivity index (χ4v) is 4.09. The lowest BCUT2D eigenvalue weighted by atomic mass is 9.94. The molecule has 2 atom stereocenters. The van der Waals surface area contributed by atoms with Gasteiger partial charge in [0.25, 0.3) is 0 Å². The molecule has 3 aliphatic rings. The summed E-state index contributed by atoms with van der Waals surface area (Å²) in [6.07, 6.45) is 5.93. The molecule has 0 spiro atoms. The summed E-state index contributed by atoms with van der Waals surface area (Å²) < 4.78 is 0. The average molecular weight is 270 g/mol. The van der Waals surface area contributed by atoms with E-state index in [9.17, 15) is 4.79 Å². The Morgan fingerprint density at radius 3 is 3.00 bits per heavy atom. The summed E-state index contributed by atoms with van der Waals surface area (Å²) in [5.41, 5.74) is 4.32. The Morgan fingerprint density at radius 1 is 1.20 bits per heavy atom. The summed E-state index contributed by atoms with van der Waals surface area (Å²) in [6.45, 7) is 2.75. The molecule has 3 heteroatoms. The number of amides is 1. The first-order chi connectivity index (χ1) is 9.81. The number of hydrogen-bond donors (Lipinski definition) is 1. The van der Waals surface area contributed by atoms with Gasteiger partial charge in [-0.15, -0.1) is 0 Å². The van der Waals surface area contributed by atoms with Crippen LogP contribution in [0.25, 0.3) is 0 Å². The van der Waals surface area contributed by atoms with Gasteiger partial charge in [-0.05, 0) is 55.3 Å². The van der Waals surface area contributed by atoms with Gasteiger partial charge >= 0.3 is 0 Å². The van der Waals surface area contributed by atoms with Crippen molar-refractivity contribution in [3.05, 3.63) is 34.9 Å². The number of carbonyl (C=O) groups excluding carboxylic acids is 1. The van der Waals surface area contributed by atoms with Crippen LogP contribution in [0.15, 0.2) is 18.2 Å². The van der Waals surface area contributed by atoms with Crippen LogP contribution in [0.5, 0.6) is 0 Å². The number of nitrogens with zero attached hydrogens (tertiary/aromatic N) is 1. The molecule has 106 valence electrons. The number of hydrogen-bond acceptors (Lipinski definition) is 2. The minimum atomic E-state index is 0.234. The Hall–Kier alpha value is -1.35. The van der Waals surface area contributed by atoms with Crippen LogP contribution in [0.2, 0.25) is 0 Å². The van der Waals surface area contributed by atoms with E-state index < -0.39 is 0 Å². The highest BCUT2D eigenvalue weighted by atomic mass is 16.2. The van der Waals surface area contributed by atoms with Crippen molar-refractivity contribution in [3.8, 4) is 0 Å². The second kappa shape index (κ2) is 4.88. The van der Waals surface area contributed by atoms with E-state index in [4.69, 9.17) is 0 Å². The maximum absolute atomic E-state index is 12.5. The maximum atomic E-state index is 12.5. The van der Waals surface area contributed by atoms with E-state index in [2.05, 4.69) is 28.4 Å². The normalized spacial score (nSPS) is 28.6. The first-order valence-corrected chi connectivity index (χ1v) is 7.94. The van der Waals surface area contributed by atoms with Crippen LogP contribution < -0.4 is 5.32 Å². The molecule has 3 nitrogen and oxygen atoms in total. The quantitative estimate of drug-likeness (QED) is 0.890. The Balaban J connectivity index is 1.50. The standard InChI is InChI=1S/C17H22N2O/c20-17-15-5-2-8-18-16(15)11-19(17)10-12-6-7-13-3-1-4-14(13)9-12/h6-7,9,15-16,18H,1-5,8,10-11H2. The molecule has 0 radical (unpaired) electrons. The molecule has 2 aliphatic heterocycles. The third-order valence-corrected chi connectivity index (χ3v) is 5.17. The number of benzene rings is 1. The van der Waals surface area contributed by atoms with Gasteiger partial charge in [0.15, 0.2) is 0 Å². The minimum Gasteiger partial charge on any atom is -0.336 e. The highest BCUT2D eigenvalue weighted by Crippen LogP contribution is 2.29. The smallest absolute Gasteiger partial charge is 0.227 e. The van der Waals surface area contributed by atoms with E-state index in [1.165, 1.54) is 36.0 Å². The van der Waals surface area contributed by atoms with Crippen molar-refractivity contribution in [2.75, 3.05) is 13.1 Å². The largest absolute Gasteiger partial charge is 0.336 e. The molecule has 2 fully saturated rings. The molecule has 0 bridgehead atoms. The van der Waals surface area contributed by atoms with Crippen LogP contribution in [0.4, 0.5) is 0 Å². The predicted octanol–water partition coefficient (Wildman–Crippen LogP) is 1.89. The third-order valence-electron chi connectivity index (χ3n) is 5.17. The molecular formula is C17H22N2O. The van der Waals surface area contributed by atoms with Crippen molar-refractivity contribution >= 4 is 5.91 Å². The maximum Gasteiger partial charge on any atom is 0.227 e. The van der Waals surface area contributed by atoms with Crippen molar-refractivity contribution < 1.29 is 4.79 Å². The predicted molar refractivity (Wildman–Crippen MR) is 78.4 cm³/mol. The average Bonchev–Trinajstić information content (AvgIpc) is 3.05. The van der Waals surface area contributed by atoms with E-state index >= 15 is 0 Å². The molecule has 1 aliphatic carbocycles. The first kappa shape index (κ1) is 12.4. The Labute approximate surface area is 120 Å². The summed E-state index contributed by atoms with van der Waals surface area (Å²) in [6, 6.07) is 7.20.